The molecule has 4 aromatic carbocycles. The van der Waals surface area contributed by atoms with Crippen LogP contribution in [0.4, 0.5) is 22.7 Å². The fourth-order valence-electron chi connectivity index (χ4n) is 8.77. The third-order valence-electron chi connectivity index (χ3n) is 13.6. The molecule has 44 heteroatoms. The normalized spacial score (nSPS) is 9.54. The van der Waals surface area contributed by atoms with E-state index in [1.165, 1.54) is 91.2 Å². The van der Waals surface area contributed by atoms with Crippen LogP contribution in [0.2, 0.25) is 0 Å². The average Bonchev–Trinajstić information content (AvgIpc) is 1.63. The molecule has 114 heavy (non-hydrogen) atoms. The quantitative estimate of drug-likeness (QED) is 0.0118. The summed E-state index contributed by atoms with van der Waals surface area (Å²) in [5.74, 6) is -0.387. The molecular weight excluding hydrogens is 1710 g/mol. The van der Waals surface area contributed by atoms with Gasteiger partial charge in [-0.15, -0.1) is 10.2 Å². The maximum Gasteiger partial charge on any atom is 0.488 e. The number of hydrogen-bond donors (Lipinski definition) is 3. The molecule has 0 radical (unpaired) electrons. The highest BCUT2D eigenvalue weighted by Gasteiger charge is 2.17. The van der Waals surface area contributed by atoms with Gasteiger partial charge in [0.15, 0.2) is 0 Å². The smallest absolute Gasteiger partial charge is 0.466 e. The molecule has 0 unspecified atom stereocenters. The summed E-state index contributed by atoms with van der Waals surface area (Å²) in [6.45, 7) is 13.5. The van der Waals surface area contributed by atoms with Gasteiger partial charge in [-0.2, -0.15) is 28.8 Å². The Balaban J connectivity index is 0.000000445. The third kappa shape index (κ3) is 33.0. The van der Waals surface area contributed by atoms with E-state index in [0.717, 1.165) is 89.6 Å². The van der Waals surface area contributed by atoms with Crippen LogP contribution in [0.5, 0.6) is 5.88 Å². The lowest BCUT2D eigenvalue weighted by molar-refractivity contribution is -0.385. The largest absolute Gasteiger partial charge is 0.488 e. The zero-order chi connectivity index (χ0) is 85.3. The molecule has 8 heterocycles. The van der Waals surface area contributed by atoms with Crippen LogP contribution >= 0.6 is 47.8 Å². The summed E-state index contributed by atoms with van der Waals surface area (Å²) in [5.41, 5.74) is 18.8. The van der Waals surface area contributed by atoms with Crippen LogP contribution in [0, 0.1) is 37.3 Å². The van der Waals surface area contributed by atoms with E-state index >= 15 is 0 Å². The molecule has 0 aliphatic rings. The maximum absolute atomic E-state index is 11.3. The van der Waals surface area contributed by atoms with Gasteiger partial charge in [0, 0.05) is 121 Å². The molecule has 1 amide bonds. The number of nitrogens with one attached hydrogen (secondary N) is 1. The van der Waals surface area contributed by atoms with Gasteiger partial charge in [-0.05, 0) is 200 Å². The predicted octanol–water partition coefficient (Wildman–Crippen LogP) is 11.4. The molecule has 0 saturated carbocycles. The summed E-state index contributed by atoms with van der Waals surface area (Å²) in [6, 6.07) is 42.0. The van der Waals surface area contributed by atoms with Crippen molar-refractivity contribution in [3.63, 3.8) is 0 Å². The Labute approximate surface area is 672 Å². The average molecular weight is 1780 g/mol. The van der Waals surface area contributed by atoms with E-state index in [1.54, 1.807) is 64.7 Å². The summed E-state index contributed by atoms with van der Waals surface area (Å²) < 4.78 is 42.6. The highest BCUT2D eigenvalue weighted by molar-refractivity contribution is 9.11. The summed E-state index contributed by atoms with van der Waals surface area (Å²) in [7, 11) is -5.54. The zero-order valence-corrected chi connectivity index (χ0v) is 66.5. The van der Waals surface area contributed by atoms with Gasteiger partial charge < -0.3 is 24.8 Å². The molecule has 0 aliphatic carbocycles. The number of fused-ring (bicyclic) bond motifs is 3. The van der Waals surface area contributed by atoms with Gasteiger partial charge in [0.05, 0.1) is 54.6 Å². The second-order valence-electron chi connectivity index (χ2n) is 21.1. The van der Waals surface area contributed by atoms with Crippen LogP contribution < -0.4 is 15.5 Å². The number of nitro groups is 3. The van der Waals surface area contributed by atoms with Crippen molar-refractivity contribution in [2.24, 2.45) is 4.52 Å². The molecule has 0 aliphatic heterocycles. The lowest BCUT2D eigenvalue weighted by Crippen LogP contribution is -2.29. The van der Waals surface area contributed by atoms with E-state index in [2.05, 4.69) is 122 Å². The van der Waals surface area contributed by atoms with Crippen molar-refractivity contribution in [2.75, 3.05) is 11.9 Å². The van der Waals surface area contributed by atoms with E-state index in [0.29, 0.717) is 23.4 Å². The fourth-order valence-corrected chi connectivity index (χ4v) is 10.7. The Morgan fingerprint density at radius 1 is 0.596 bits per heavy atom. The highest BCUT2D eigenvalue weighted by atomic mass is 79.9. The fraction of sp³-hybridized carbons (Fsp3) is 0.171. The van der Waals surface area contributed by atoms with Gasteiger partial charge in [-0.1, -0.05) is 72.2 Å². The van der Waals surface area contributed by atoms with Crippen LogP contribution in [0.3, 0.4) is 0 Å². The van der Waals surface area contributed by atoms with Crippen LogP contribution in [0.1, 0.15) is 70.7 Å². The zero-order valence-electron chi connectivity index (χ0n) is 60.9. The topological polar surface area (TPSA) is 553 Å². The number of sulfonamides is 1. The summed E-state index contributed by atoms with van der Waals surface area (Å²) in [4.78, 5) is 120. The van der Waals surface area contributed by atoms with Crippen molar-refractivity contribution >= 4 is 146 Å². The Morgan fingerprint density at radius 3 is 1.40 bits per heavy atom. The molecule has 0 fully saturated rings. The number of benzene rings is 4. The highest BCUT2D eigenvalue weighted by Crippen LogP contribution is 2.32. The van der Waals surface area contributed by atoms with Crippen LogP contribution in [-0.4, -0.2) is 138 Å². The van der Waals surface area contributed by atoms with Crippen molar-refractivity contribution in [3.8, 4) is 28.1 Å². The monoisotopic (exact) mass is 1770 g/mol. The van der Waals surface area contributed by atoms with Gasteiger partial charge in [0.1, 0.15) is 11.0 Å². The SMILES string of the molecule is CC(=O)Nc1ccc(S(=O)(=O)N=[N+]=[N-])cc1.CCCc1ncccc1Br.CCOC(C)=O.CCc1nnn2cccc(-c3ccc([N+](=O)[O-])cc3)c12.CCc1nnn2cccc(Br)c12.Cc1ncccc1Br.O=C=O.O=C=O.O=C=O.O=COc1nnn2cccc(-c3ccc([N+](=O)[O-])cc3)c12.O=[N+]([O-])c1ccc(B(O)O)cc1. The number of nitrogens with zero attached hydrogens (tertiary/aromatic N) is 17. The number of rotatable bonds is 16. The number of pyridine rings is 5. The first kappa shape index (κ1) is 96.6. The van der Waals surface area contributed by atoms with Crippen LogP contribution in [-0.2, 0) is 77.2 Å². The minimum atomic E-state index is -3.96. The number of aryl methyl sites for hydroxylation is 4. The van der Waals surface area contributed by atoms with Crippen molar-refractivity contribution in [2.45, 2.75) is 79.0 Å². The van der Waals surface area contributed by atoms with Crippen molar-refractivity contribution in [3.05, 3.63) is 266 Å². The molecule has 8 aromatic heterocycles. The Kier molecular flexibility index (Phi) is 44.5. The minimum Gasteiger partial charge on any atom is -0.466 e. The maximum atomic E-state index is 11.3. The molecule has 12 rings (SSSR count). The van der Waals surface area contributed by atoms with E-state index in [1.807, 2.05) is 81.0 Å². The molecule has 0 atom stereocenters. The third-order valence-corrected chi connectivity index (χ3v) is 17.0. The number of carbonyl (C=O) groups is 3. The number of aromatic nitrogens is 11. The van der Waals surface area contributed by atoms with E-state index in [-0.39, 0.29) is 70.1 Å². The van der Waals surface area contributed by atoms with E-state index in [4.69, 9.17) is 49.1 Å². The number of hydrogen-bond acceptors (Lipinski definition) is 29. The lowest BCUT2D eigenvalue weighted by atomic mass is 9.80. The number of nitro benzene ring substituents is 3. The number of halogens is 3. The van der Waals surface area contributed by atoms with Gasteiger partial charge in [-0.25, -0.2) is 22.0 Å². The lowest BCUT2D eigenvalue weighted by Gasteiger charge is -2.04. The van der Waals surface area contributed by atoms with Crippen molar-refractivity contribution < 1.29 is 85.9 Å². The molecular formula is C70H66BBr3N18O21S. The number of amides is 1. The van der Waals surface area contributed by atoms with Gasteiger partial charge in [0.25, 0.3) is 39.4 Å². The first-order valence-electron chi connectivity index (χ1n) is 32.3. The number of anilines is 1. The summed E-state index contributed by atoms with van der Waals surface area (Å²) in [5, 5.41) is 75.2. The minimum absolute atomic E-state index is 0.00157. The number of esters is 1. The Hall–Kier alpha value is -13.5. The summed E-state index contributed by atoms with van der Waals surface area (Å²) >= 11 is 10.2. The number of azide groups is 1. The predicted molar refractivity (Wildman–Crippen MR) is 416 cm³/mol. The standard InChI is InChI=1S/C14H12N4O2.C13H8N4O4.C8H8BrN3.C8H10BrN.C8H8N4O3S.C6H6BNO4.C6H6BrN.C4H8O2.3CO2/c1-2-13-14-12(4-3-9-17(14)16-15-13)10-5-7-11(8-6-10)18(19)20;18-8-21-13-12-11(2-1-7-16(12)15-14-13)9-3-5-10(6-4-9)17(19)20;1-2-7-8-6(9)4-3-5-12(8)11-10-7;1-2-4-8-7(9)5-3-6-10-8;1-6(13)10-7-2-4-8(5-3-7)16(14,15)12-11-9;9-7(10)5-1-3-6(4-2-5)8(11)12;1-5-6(7)3-2-4-8-5;1-3-6-4(2)5;3*2-1-3/h3-9H,2H2,1H3;1-8H;3-5H,2H2,1H3;3,5-6H,2,4H2,1H3;2-5H,1H3,(H,10,13);1-4,9-10H;2-4H,1H3;3H2,1-2H3;;;. The van der Waals surface area contributed by atoms with Gasteiger partial charge in [-0.3, -0.25) is 54.7 Å². The number of non-ortho nitro benzene ring substituents is 3. The first-order valence-corrected chi connectivity index (χ1v) is 36.1. The molecule has 12 aromatic rings. The molecule has 3 N–H and O–H groups in total. The molecule has 39 nitrogen and oxygen atoms in total. The summed E-state index contributed by atoms with van der Waals surface area (Å²) in [6.07, 6.45) is 13.7. The van der Waals surface area contributed by atoms with Gasteiger partial charge >= 0.3 is 31.5 Å². The van der Waals surface area contributed by atoms with Gasteiger partial charge in [0.2, 0.25) is 5.91 Å². The molecule has 0 spiro atoms. The second kappa shape index (κ2) is 52.6. The van der Waals surface area contributed by atoms with Crippen LogP contribution in [0.15, 0.2) is 212 Å². The first-order chi connectivity index (χ1) is 54.5. The van der Waals surface area contributed by atoms with E-state index < -0.39 is 31.9 Å². The number of ether oxygens (including phenoxy) is 2. The Bertz CT molecular complexity index is 5350. The Morgan fingerprint density at radius 2 is 1.02 bits per heavy atom. The second-order valence-corrected chi connectivity index (χ2v) is 25.2. The van der Waals surface area contributed by atoms with Crippen molar-refractivity contribution in [1.29, 1.82) is 0 Å². The van der Waals surface area contributed by atoms with E-state index in [9.17, 15) is 53.1 Å². The molecule has 592 valence electrons. The van der Waals surface area contributed by atoms with Crippen molar-refractivity contribution in [1.82, 2.24) is 54.5 Å². The molecule has 0 saturated heterocycles. The molecule has 0 bridgehead atoms. The van der Waals surface area contributed by atoms with Crippen LogP contribution in [0.25, 0.3) is 49.2 Å². The number of carbonyl (C=O) groups excluding carboxylic acids is 9.